The molecule has 0 spiro atoms. The fourth-order valence-electron chi connectivity index (χ4n) is 1.67. The predicted octanol–water partition coefficient (Wildman–Crippen LogP) is 4.27. The van der Waals surface area contributed by atoms with E-state index < -0.39 is 17.6 Å². The lowest BCUT2D eigenvalue weighted by atomic mass is 9.98. The van der Waals surface area contributed by atoms with Crippen LogP contribution in [0.25, 0.3) is 0 Å². The summed E-state index contributed by atoms with van der Waals surface area (Å²) in [4.78, 5) is 14.7. The van der Waals surface area contributed by atoms with Crippen molar-refractivity contribution in [3.05, 3.63) is 40.9 Å². The van der Waals surface area contributed by atoms with Crippen LogP contribution in [0.15, 0.2) is 29.6 Å². The van der Waals surface area contributed by atoms with Crippen LogP contribution in [0.3, 0.4) is 0 Å². The van der Waals surface area contributed by atoms with Gasteiger partial charge in [0.15, 0.2) is 5.13 Å². The fourth-order valence-corrected chi connectivity index (χ4v) is 2.48. The first-order valence-corrected chi connectivity index (χ1v) is 7.12. The Labute approximate surface area is 128 Å². The summed E-state index contributed by atoms with van der Waals surface area (Å²) < 4.78 is 40.3. The van der Waals surface area contributed by atoms with Crippen LogP contribution in [-0.2, 0) is 16.4 Å². The molecule has 8 heteroatoms. The number of rotatable bonds is 5. The van der Waals surface area contributed by atoms with Crippen LogP contribution < -0.4 is 5.32 Å². The molecule has 1 aromatic carbocycles. The van der Waals surface area contributed by atoms with E-state index in [4.69, 9.17) is 5.11 Å². The molecular weight excluding hydrogens is 317 g/mol. The quantitative estimate of drug-likeness (QED) is 0.859. The third-order valence-corrected chi connectivity index (χ3v) is 3.77. The molecule has 2 N–H and O–H groups in total. The van der Waals surface area contributed by atoms with E-state index in [9.17, 15) is 18.0 Å². The Balaban J connectivity index is 2.24. The summed E-state index contributed by atoms with van der Waals surface area (Å²) >= 11 is 0.979. The standard InChI is InChI=1S/C14H13F3N2O2S/c1-13(15,11(20)21)8-4-3-5-9(6-8)18-12-19-10(7-22-12)14(2,16)17/h3-7H,1-2H3,(H,18,19)(H,20,21). The van der Waals surface area contributed by atoms with Gasteiger partial charge in [0.25, 0.3) is 5.92 Å². The predicted molar refractivity (Wildman–Crippen MR) is 77.5 cm³/mol. The number of hydrogen-bond donors (Lipinski definition) is 2. The highest BCUT2D eigenvalue weighted by Crippen LogP contribution is 2.32. The summed E-state index contributed by atoms with van der Waals surface area (Å²) in [5.41, 5.74) is -2.59. The third kappa shape index (κ3) is 3.38. The molecule has 1 unspecified atom stereocenters. The van der Waals surface area contributed by atoms with Crippen molar-refractivity contribution in [2.24, 2.45) is 0 Å². The molecule has 0 amide bonds. The number of thiazole rings is 1. The van der Waals surface area contributed by atoms with Crippen molar-refractivity contribution in [1.82, 2.24) is 4.98 Å². The maximum absolute atomic E-state index is 14.1. The molecule has 4 nitrogen and oxygen atoms in total. The highest BCUT2D eigenvalue weighted by molar-refractivity contribution is 7.13. The van der Waals surface area contributed by atoms with Gasteiger partial charge in [-0.15, -0.1) is 11.3 Å². The number of aliphatic carboxylic acids is 1. The van der Waals surface area contributed by atoms with E-state index in [1.807, 2.05) is 0 Å². The zero-order chi connectivity index (χ0) is 16.5. The number of aromatic nitrogens is 1. The number of carboxylic acid groups (broad SMARTS) is 1. The Hall–Kier alpha value is -2.09. The number of nitrogens with one attached hydrogen (secondary N) is 1. The van der Waals surface area contributed by atoms with Gasteiger partial charge in [0.1, 0.15) is 5.69 Å². The van der Waals surface area contributed by atoms with E-state index >= 15 is 0 Å². The van der Waals surface area contributed by atoms with Gasteiger partial charge in [-0.3, -0.25) is 0 Å². The van der Waals surface area contributed by atoms with Crippen LogP contribution in [0, 0.1) is 0 Å². The van der Waals surface area contributed by atoms with E-state index in [1.165, 1.54) is 23.6 Å². The van der Waals surface area contributed by atoms with Gasteiger partial charge in [-0.05, 0) is 19.1 Å². The summed E-state index contributed by atoms with van der Waals surface area (Å²) in [6.45, 7) is 1.68. The molecule has 1 heterocycles. The molecule has 1 atom stereocenters. The zero-order valence-corrected chi connectivity index (χ0v) is 12.5. The molecule has 118 valence electrons. The minimum atomic E-state index is -3.04. The average molecular weight is 330 g/mol. The van der Waals surface area contributed by atoms with Crippen molar-refractivity contribution in [3.63, 3.8) is 0 Å². The van der Waals surface area contributed by atoms with E-state index in [0.717, 1.165) is 25.2 Å². The molecule has 2 rings (SSSR count). The first kappa shape index (κ1) is 16.3. The Morgan fingerprint density at radius 2 is 2.00 bits per heavy atom. The normalized spacial score (nSPS) is 14.4. The highest BCUT2D eigenvalue weighted by Gasteiger charge is 2.35. The summed E-state index contributed by atoms with van der Waals surface area (Å²) in [6.07, 6.45) is 0. The van der Waals surface area contributed by atoms with Gasteiger partial charge in [-0.2, -0.15) is 8.78 Å². The second-order valence-corrected chi connectivity index (χ2v) is 5.80. The molecule has 0 aliphatic heterocycles. The Kier molecular flexibility index (Phi) is 4.15. The van der Waals surface area contributed by atoms with Crippen molar-refractivity contribution >= 4 is 28.1 Å². The van der Waals surface area contributed by atoms with E-state index in [1.54, 1.807) is 6.07 Å². The summed E-state index contributed by atoms with van der Waals surface area (Å²) in [5, 5.41) is 13.1. The number of anilines is 2. The molecule has 0 fully saturated rings. The first-order valence-electron chi connectivity index (χ1n) is 6.24. The summed E-state index contributed by atoms with van der Waals surface area (Å²) in [7, 11) is 0. The van der Waals surface area contributed by atoms with Crippen LogP contribution in [0.4, 0.5) is 24.0 Å². The van der Waals surface area contributed by atoms with Gasteiger partial charge in [0, 0.05) is 23.6 Å². The summed E-state index contributed by atoms with van der Waals surface area (Å²) in [5.74, 6) is -4.65. The van der Waals surface area contributed by atoms with Crippen molar-refractivity contribution in [2.75, 3.05) is 5.32 Å². The molecule has 22 heavy (non-hydrogen) atoms. The Morgan fingerprint density at radius 3 is 2.55 bits per heavy atom. The Morgan fingerprint density at radius 1 is 1.32 bits per heavy atom. The van der Waals surface area contributed by atoms with Crippen molar-refractivity contribution < 1.29 is 23.1 Å². The van der Waals surface area contributed by atoms with Crippen LogP contribution in [0.2, 0.25) is 0 Å². The van der Waals surface area contributed by atoms with E-state index in [-0.39, 0.29) is 16.4 Å². The van der Waals surface area contributed by atoms with Crippen LogP contribution >= 0.6 is 11.3 Å². The molecular formula is C14H13F3N2O2S. The van der Waals surface area contributed by atoms with E-state index in [0.29, 0.717) is 5.69 Å². The second-order valence-electron chi connectivity index (χ2n) is 4.94. The molecule has 0 aliphatic carbocycles. The lowest BCUT2D eigenvalue weighted by Crippen LogP contribution is -2.26. The topological polar surface area (TPSA) is 62.2 Å². The second kappa shape index (κ2) is 5.60. The van der Waals surface area contributed by atoms with Gasteiger partial charge >= 0.3 is 5.97 Å². The van der Waals surface area contributed by atoms with E-state index in [2.05, 4.69) is 10.3 Å². The zero-order valence-electron chi connectivity index (χ0n) is 11.7. The van der Waals surface area contributed by atoms with Crippen molar-refractivity contribution in [1.29, 1.82) is 0 Å². The lowest BCUT2D eigenvalue weighted by Gasteiger charge is -2.16. The van der Waals surface area contributed by atoms with Crippen LogP contribution in [0.1, 0.15) is 25.1 Å². The number of carbonyl (C=O) groups is 1. The Bertz CT molecular complexity index is 695. The van der Waals surface area contributed by atoms with Crippen LogP contribution in [-0.4, -0.2) is 16.1 Å². The number of nitrogens with zero attached hydrogens (tertiary/aromatic N) is 1. The number of halogens is 3. The number of carboxylic acids is 1. The minimum absolute atomic E-state index is 0.0531. The number of alkyl halides is 3. The minimum Gasteiger partial charge on any atom is -0.479 e. The molecule has 0 radical (unpaired) electrons. The fraction of sp³-hybridized carbons (Fsp3) is 0.286. The average Bonchev–Trinajstić information content (AvgIpc) is 2.87. The monoisotopic (exact) mass is 330 g/mol. The largest absolute Gasteiger partial charge is 0.479 e. The van der Waals surface area contributed by atoms with Gasteiger partial charge < -0.3 is 10.4 Å². The smallest absolute Gasteiger partial charge is 0.345 e. The molecule has 1 aromatic heterocycles. The van der Waals surface area contributed by atoms with Crippen molar-refractivity contribution in [2.45, 2.75) is 25.4 Å². The highest BCUT2D eigenvalue weighted by atomic mass is 32.1. The number of hydrogen-bond acceptors (Lipinski definition) is 4. The maximum atomic E-state index is 14.1. The first-order chi connectivity index (χ1) is 10.1. The SMILES string of the molecule is CC(F)(F)c1csc(Nc2cccc(C(C)(F)C(=O)O)c2)n1. The third-order valence-electron chi connectivity index (χ3n) is 3.01. The molecule has 0 aliphatic rings. The number of benzene rings is 1. The lowest BCUT2D eigenvalue weighted by molar-refractivity contribution is -0.150. The van der Waals surface area contributed by atoms with Gasteiger partial charge in [-0.1, -0.05) is 12.1 Å². The van der Waals surface area contributed by atoms with Crippen LogP contribution in [0.5, 0.6) is 0 Å². The summed E-state index contributed by atoms with van der Waals surface area (Å²) in [6, 6.07) is 5.68. The molecule has 0 saturated carbocycles. The molecule has 0 saturated heterocycles. The molecule has 2 aromatic rings. The van der Waals surface area contributed by atoms with Crippen molar-refractivity contribution in [3.8, 4) is 0 Å². The molecule has 0 bridgehead atoms. The van der Waals surface area contributed by atoms with Gasteiger partial charge in [0.2, 0.25) is 5.67 Å². The van der Waals surface area contributed by atoms with Gasteiger partial charge in [-0.25, -0.2) is 14.2 Å². The maximum Gasteiger partial charge on any atom is 0.345 e. The van der Waals surface area contributed by atoms with Gasteiger partial charge in [0.05, 0.1) is 0 Å².